The predicted molar refractivity (Wildman–Crippen MR) is 65.0 cm³/mol. The molecule has 2 rings (SSSR count). The Morgan fingerprint density at radius 3 is 2.33 bits per heavy atom. The maximum atomic E-state index is 13.9. The largest absolute Gasteiger partial charge is 0.478 e. The highest BCUT2D eigenvalue weighted by atomic mass is 19.4. The second kappa shape index (κ2) is 4.87. The summed E-state index contributed by atoms with van der Waals surface area (Å²) >= 11 is 0. The molecule has 0 unspecified atom stereocenters. The lowest BCUT2D eigenvalue weighted by atomic mass is 10.1. The van der Waals surface area contributed by atoms with Crippen molar-refractivity contribution in [2.45, 2.75) is 20.0 Å². The van der Waals surface area contributed by atoms with Gasteiger partial charge in [-0.25, -0.2) is 13.9 Å². The van der Waals surface area contributed by atoms with Gasteiger partial charge in [0.25, 0.3) is 0 Å². The normalized spacial score (nSPS) is 11.7. The Kier molecular flexibility index (Phi) is 3.48. The fourth-order valence-corrected chi connectivity index (χ4v) is 2.04. The zero-order valence-corrected chi connectivity index (χ0v) is 11.0. The molecule has 0 amide bonds. The van der Waals surface area contributed by atoms with E-state index in [0.717, 1.165) is 16.8 Å². The van der Waals surface area contributed by atoms with Gasteiger partial charge in [-0.15, -0.1) is 0 Å². The molecular weight excluding hydrogens is 292 g/mol. The third kappa shape index (κ3) is 2.61. The first kappa shape index (κ1) is 15.0. The smallest absolute Gasteiger partial charge is 0.416 e. The number of alkyl halides is 3. The number of hydrogen-bond donors (Lipinski definition) is 1. The van der Waals surface area contributed by atoms with E-state index < -0.39 is 23.5 Å². The maximum absolute atomic E-state index is 13.9. The van der Waals surface area contributed by atoms with Gasteiger partial charge < -0.3 is 5.11 Å². The number of benzene rings is 1. The quantitative estimate of drug-likeness (QED) is 0.866. The van der Waals surface area contributed by atoms with Crippen molar-refractivity contribution in [3.8, 4) is 5.69 Å². The summed E-state index contributed by atoms with van der Waals surface area (Å²) in [6.45, 7) is 2.83. The van der Waals surface area contributed by atoms with Crippen LogP contribution in [0.2, 0.25) is 0 Å². The Hall–Kier alpha value is -2.38. The van der Waals surface area contributed by atoms with E-state index in [1.54, 1.807) is 0 Å². The summed E-state index contributed by atoms with van der Waals surface area (Å²) in [5.74, 6) is -2.36. The minimum absolute atomic E-state index is 0.103. The third-order valence-electron chi connectivity index (χ3n) is 3.01. The molecule has 4 nitrogen and oxygen atoms in total. The van der Waals surface area contributed by atoms with Crippen molar-refractivity contribution in [2.75, 3.05) is 0 Å². The molecule has 1 N–H and O–H groups in total. The molecule has 8 heteroatoms. The fourth-order valence-electron chi connectivity index (χ4n) is 2.04. The van der Waals surface area contributed by atoms with Crippen molar-refractivity contribution in [3.05, 3.63) is 46.5 Å². The van der Waals surface area contributed by atoms with Crippen LogP contribution in [0.15, 0.2) is 18.2 Å². The first-order chi connectivity index (χ1) is 9.62. The van der Waals surface area contributed by atoms with Gasteiger partial charge in [0, 0.05) is 0 Å². The van der Waals surface area contributed by atoms with Crippen molar-refractivity contribution >= 4 is 5.97 Å². The van der Waals surface area contributed by atoms with E-state index in [-0.39, 0.29) is 22.6 Å². The van der Waals surface area contributed by atoms with Crippen LogP contribution in [0.5, 0.6) is 0 Å². The number of carbonyl (C=O) groups is 1. The zero-order valence-electron chi connectivity index (χ0n) is 11.0. The number of nitrogens with zero attached hydrogens (tertiary/aromatic N) is 2. The molecule has 0 spiro atoms. The summed E-state index contributed by atoms with van der Waals surface area (Å²) in [6, 6.07) is 1.99. The Morgan fingerprint density at radius 1 is 1.29 bits per heavy atom. The Bertz CT molecular complexity index is 720. The van der Waals surface area contributed by atoms with Gasteiger partial charge in [0.2, 0.25) is 0 Å². The first-order valence-electron chi connectivity index (χ1n) is 5.79. The van der Waals surface area contributed by atoms with Crippen LogP contribution in [0.25, 0.3) is 5.69 Å². The highest BCUT2D eigenvalue weighted by molar-refractivity contribution is 5.90. The minimum atomic E-state index is -4.65. The van der Waals surface area contributed by atoms with Crippen molar-refractivity contribution in [2.24, 2.45) is 0 Å². The van der Waals surface area contributed by atoms with Crippen LogP contribution in [-0.2, 0) is 6.18 Å². The van der Waals surface area contributed by atoms with Gasteiger partial charge in [-0.05, 0) is 32.0 Å². The van der Waals surface area contributed by atoms with Crippen LogP contribution in [-0.4, -0.2) is 20.9 Å². The van der Waals surface area contributed by atoms with Crippen molar-refractivity contribution in [3.63, 3.8) is 0 Å². The van der Waals surface area contributed by atoms with Gasteiger partial charge >= 0.3 is 12.1 Å². The molecule has 0 saturated heterocycles. The van der Waals surface area contributed by atoms with E-state index in [4.69, 9.17) is 5.11 Å². The predicted octanol–water partition coefficient (Wildman–Crippen LogP) is 3.35. The van der Waals surface area contributed by atoms with E-state index in [9.17, 15) is 22.4 Å². The molecule has 0 aliphatic rings. The van der Waals surface area contributed by atoms with Crippen molar-refractivity contribution < 1.29 is 27.5 Å². The molecule has 0 atom stereocenters. The van der Waals surface area contributed by atoms with Crippen LogP contribution >= 0.6 is 0 Å². The standard InChI is InChI=1S/C13H10F4N2O2/c1-6-11(12(20)21)7(2)19(18-6)10-4-3-8(5-9(10)14)13(15,16)17/h3-5H,1-2H3,(H,20,21). The molecule has 0 aliphatic carbocycles. The lowest BCUT2D eigenvalue weighted by Crippen LogP contribution is -2.09. The third-order valence-corrected chi connectivity index (χ3v) is 3.01. The molecular formula is C13H10F4N2O2. The van der Waals surface area contributed by atoms with Crippen molar-refractivity contribution in [1.29, 1.82) is 0 Å². The Morgan fingerprint density at radius 2 is 1.90 bits per heavy atom. The molecule has 1 aromatic carbocycles. The van der Waals surface area contributed by atoms with Crippen LogP contribution < -0.4 is 0 Å². The molecule has 0 aliphatic heterocycles. The number of carboxylic acids is 1. The lowest BCUT2D eigenvalue weighted by Gasteiger charge is -2.10. The summed E-state index contributed by atoms with van der Waals surface area (Å²) in [7, 11) is 0. The summed E-state index contributed by atoms with van der Waals surface area (Å²) in [5, 5.41) is 12.9. The van der Waals surface area contributed by atoms with E-state index in [2.05, 4.69) is 5.10 Å². The van der Waals surface area contributed by atoms with Crippen molar-refractivity contribution in [1.82, 2.24) is 9.78 Å². The first-order valence-corrected chi connectivity index (χ1v) is 5.79. The van der Waals surface area contributed by atoms with E-state index in [1.807, 2.05) is 0 Å². The zero-order chi connectivity index (χ0) is 15.9. The van der Waals surface area contributed by atoms with Crippen LogP contribution in [0.1, 0.15) is 27.3 Å². The Balaban J connectivity index is 2.59. The van der Waals surface area contributed by atoms with Crippen LogP contribution in [0.3, 0.4) is 0 Å². The lowest BCUT2D eigenvalue weighted by molar-refractivity contribution is -0.137. The summed E-state index contributed by atoms with van der Waals surface area (Å²) in [6.07, 6.45) is -4.65. The molecule has 2 aromatic rings. The number of aromatic carboxylic acids is 1. The molecule has 1 heterocycles. The van der Waals surface area contributed by atoms with Crippen LogP contribution in [0.4, 0.5) is 17.6 Å². The number of aromatic nitrogens is 2. The number of rotatable bonds is 2. The molecule has 0 bridgehead atoms. The van der Waals surface area contributed by atoms with Gasteiger partial charge in [0.05, 0.1) is 17.0 Å². The maximum Gasteiger partial charge on any atom is 0.416 e. The monoisotopic (exact) mass is 302 g/mol. The molecule has 112 valence electrons. The second-order valence-corrected chi connectivity index (χ2v) is 4.43. The van der Waals surface area contributed by atoms with Gasteiger partial charge in [0.1, 0.15) is 17.1 Å². The molecule has 1 aromatic heterocycles. The van der Waals surface area contributed by atoms with Gasteiger partial charge in [-0.3, -0.25) is 0 Å². The Labute approximate surface area is 116 Å². The highest BCUT2D eigenvalue weighted by Crippen LogP contribution is 2.31. The highest BCUT2D eigenvalue weighted by Gasteiger charge is 2.31. The van der Waals surface area contributed by atoms with E-state index >= 15 is 0 Å². The van der Waals surface area contributed by atoms with Gasteiger partial charge in [-0.2, -0.15) is 18.3 Å². The number of aryl methyl sites for hydroxylation is 1. The van der Waals surface area contributed by atoms with Crippen LogP contribution in [0, 0.1) is 19.7 Å². The summed E-state index contributed by atoms with van der Waals surface area (Å²) in [5.41, 5.74) is -1.17. The minimum Gasteiger partial charge on any atom is -0.478 e. The number of carboxylic acid groups (broad SMARTS) is 1. The van der Waals surface area contributed by atoms with Gasteiger partial charge in [-0.1, -0.05) is 0 Å². The van der Waals surface area contributed by atoms with Gasteiger partial charge in [0.15, 0.2) is 0 Å². The summed E-state index contributed by atoms with van der Waals surface area (Å²) < 4.78 is 52.3. The topological polar surface area (TPSA) is 55.1 Å². The summed E-state index contributed by atoms with van der Waals surface area (Å²) in [4.78, 5) is 11.1. The fraction of sp³-hybridized carbons (Fsp3) is 0.231. The van der Waals surface area contributed by atoms with E-state index in [1.165, 1.54) is 13.8 Å². The number of hydrogen-bond acceptors (Lipinski definition) is 2. The average molecular weight is 302 g/mol. The molecule has 21 heavy (non-hydrogen) atoms. The second-order valence-electron chi connectivity index (χ2n) is 4.43. The molecule has 0 fully saturated rings. The number of halogens is 4. The molecule has 0 radical (unpaired) electrons. The average Bonchev–Trinajstić information content (AvgIpc) is 2.63. The van der Waals surface area contributed by atoms with E-state index in [0.29, 0.717) is 6.07 Å². The SMILES string of the molecule is Cc1nn(-c2ccc(C(F)(F)F)cc2F)c(C)c1C(=O)O. The molecule has 0 saturated carbocycles.